The molecular formula is C15H19BrN2. The van der Waals surface area contributed by atoms with Gasteiger partial charge < -0.3 is 21.9 Å². The molecule has 0 spiro atoms. The van der Waals surface area contributed by atoms with E-state index in [2.05, 4.69) is 78.4 Å². The van der Waals surface area contributed by atoms with Crippen LogP contribution in [0, 0.1) is 0 Å². The zero-order valence-electron chi connectivity index (χ0n) is 10.9. The standard InChI is InChI=1S/C15H19N2.BrH/c1-16(2)15-9-12-17(13-10-15)11-8-14-6-4-3-5-7-14;/h3-7,9-10,12-13H,8,11H2,1-2H3;1H/q+1;/p-1. The molecule has 0 bridgehead atoms. The molecule has 2 rings (SSSR count). The maximum atomic E-state index is 2.22. The lowest BCUT2D eigenvalue weighted by Gasteiger charge is -2.10. The van der Waals surface area contributed by atoms with E-state index in [1.807, 2.05) is 0 Å². The van der Waals surface area contributed by atoms with Crippen LogP contribution in [0.15, 0.2) is 54.9 Å². The molecule has 18 heavy (non-hydrogen) atoms. The van der Waals surface area contributed by atoms with Crippen LogP contribution >= 0.6 is 0 Å². The minimum atomic E-state index is 0. The van der Waals surface area contributed by atoms with Crippen molar-refractivity contribution in [3.8, 4) is 0 Å². The summed E-state index contributed by atoms with van der Waals surface area (Å²) in [6.07, 6.45) is 5.35. The molecule has 3 heteroatoms. The van der Waals surface area contributed by atoms with Crippen LogP contribution in [-0.2, 0) is 13.0 Å². The summed E-state index contributed by atoms with van der Waals surface area (Å²) < 4.78 is 2.22. The van der Waals surface area contributed by atoms with Crippen LogP contribution in [0.4, 0.5) is 5.69 Å². The number of benzene rings is 1. The number of nitrogens with zero attached hydrogens (tertiary/aromatic N) is 2. The van der Waals surface area contributed by atoms with E-state index < -0.39 is 0 Å². The highest BCUT2D eigenvalue weighted by atomic mass is 79.9. The second-order valence-electron chi connectivity index (χ2n) is 4.42. The lowest BCUT2D eigenvalue weighted by atomic mass is 10.1. The van der Waals surface area contributed by atoms with Crippen molar-refractivity contribution in [1.29, 1.82) is 0 Å². The summed E-state index contributed by atoms with van der Waals surface area (Å²) in [6, 6.07) is 14.9. The van der Waals surface area contributed by atoms with Crippen molar-refractivity contribution in [2.24, 2.45) is 0 Å². The van der Waals surface area contributed by atoms with Gasteiger partial charge in [-0.15, -0.1) is 0 Å². The molecule has 2 aromatic rings. The summed E-state index contributed by atoms with van der Waals surface area (Å²) in [4.78, 5) is 2.11. The molecule has 96 valence electrons. The Morgan fingerprint density at radius 2 is 1.56 bits per heavy atom. The molecule has 0 unspecified atom stereocenters. The van der Waals surface area contributed by atoms with Crippen LogP contribution < -0.4 is 26.4 Å². The lowest BCUT2D eigenvalue weighted by molar-refractivity contribution is -0.696. The van der Waals surface area contributed by atoms with E-state index in [1.54, 1.807) is 0 Å². The summed E-state index contributed by atoms with van der Waals surface area (Å²) >= 11 is 0. The SMILES string of the molecule is CN(C)c1cc[n+](CCc2ccccc2)cc1.[Br-]. The van der Waals surface area contributed by atoms with Gasteiger partial charge in [-0.05, 0) is 5.56 Å². The van der Waals surface area contributed by atoms with E-state index in [0.717, 1.165) is 13.0 Å². The highest BCUT2D eigenvalue weighted by Crippen LogP contribution is 2.06. The molecule has 0 fully saturated rings. The molecule has 0 aliphatic heterocycles. The molecular weight excluding hydrogens is 288 g/mol. The maximum absolute atomic E-state index is 2.22. The summed E-state index contributed by atoms with van der Waals surface area (Å²) in [7, 11) is 4.12. The Kier molecular flexibility index (Phi) is 5.86. The molecule has 0 saturated carbocycles. The predicted octanol–water partition coefficient (Wildman–Crippen LogP) is -0.713. The van der Waals surface area contributed by atoms with Gasteiger partial charge in [-0.3, -0.25) is 0 Å². The van der Waals surface area contributed by atoms with Gasteiger partial charge in [-0.1, -0.05) is 30.3 Å². The van der Waals surface area contributed by atoms with Crippen LogP contribution in [0.25, 0.3) is 0 Å². The Hall–Kier alpha value is -1.35. The zero-order valence-corrected chi connectivity index (χ0v) is 12.5. The molecule has 1 heterocycles. The summed E-state index contributed by atoms with van der Waals surface area (Å²) in [5, 5.41) is 0. The first-order chi connectivity index (χ1) is 8.25. The summed E-state index contributed by atoms with van der Waals surface area (Å²) in [5.74, 6) is 0. The summed E-state index contributed by atoms with van der Waals surface area (Å²) in [6.45, 7) is 1.03. The van der Waals surface area contributed by atoms with Crippen LogP contribution in [0.5, 0.6) is 0 Å². The van der Waals surface area contributed by atoms with Gasteiger partial charge in [0.05, 0.1) is 0 Å². The van der Waals surface area contributed by atoms with Gasteiger partial charge in [0, 0.05) is 38.3 Å². The molecule has 0 saturated heterocycles. The van der Waals surface area contributed by atoms with Gasteiger partial charge in [-0.2, -0.15) is 0 Å². The minimum absolute atomic E-state index is 0. The Labute approximate surface area is 120 Å². The number of halogens is 1. The average molecular weight is 307 g/mol. The number of rotatable bonds is 4. The molecule has 1 aromatic heterocycles. The highest BCUT2D eigenvalue weighted by Gasteiger charge is 2.02. The first-order valence-electron chi connectivity index (χ1n) is 5.96. The highest BCUT2D eigenvalue weighted by molar-refractivity contribution is 5.41. The second kappa shape index (κ2) is 7.17. The van der Waals surface area contributed by atoms with E-state index in [4.69, 9.17) is 0 Å². The second-order valence-corrected chi connectivity index (χ2v) is 4.42. The van der Waals surface area contributed by atoms with E-state index in [1.165, 1.54) is 11.3 Å². The predicted molar refractivity (Wildman–Crippen MR) is 71.1 cm³/mol. The van der Waals surface area contributed by atoms with Gasteiger partial charge in [0.15, 0.2) is 18.9 Å². The van der Waals surface area contributed by atoms with Crippen molar-refractivity contribution in [3.05, 3.63) is 60.4 Å². The topological polar surface area (TPSA) is 7.12 Å². The Balaban J connectivity index is 0.00000162. The normalized spacial score (nSPS) is 9.67. The number of aromatic nitrogens is 1. The van der Waals surface area contributed by atoms with Crippen molar-refractivity contribution < 1.29 is 21.5 Å². The largest absolute Gasteiger partial charge is 1.00 e. The Bertz CT molecular complexity index is 452. The number of aryl methyl sites for hydroxylation is 2. The van der Waals surface area contributed by atoms with Gasteiger partial charge in [0.2, 0.25) is 0 Å². The first kappa shape index (κ1) is 14.7. The Morgan fingerprint density at radius 3 is 2.11 bits per heavy atom. The van der Waals surface area contributed by atoms with Crippen molar-refractivity contribution >= 4 is 5.69 Å². The maximum Gasteiger partial charge on any atom is 0.170 e. The lowest BCUT2D eigenvalue weighted by Crippen LogP contribution is -3.00. The number of hydrogen-bond donors (Lipinski definition) is 0. The van der Waals surface area contributed by atoms with Crippen LogP contribution in [0.1, 0.15) is 5.56 Å². The van der Waals surface area contributed by atoms with E-state index in [9.17, 15) is 0 Å². The number of hydrogen-bond acceptors (Lipinski definition) is 1. The average Bonchev–Trinajstić information content (AvgIpc) is 2.38. The summed E-state index contributed by atoms with van der Waals surface area (Å²) in [5.41, 5.74) is 2.62. The van der Waals surface area contributed by atoms with Crippen molar-refractivity contribution in [3.63, 3.8) is 0 Å². The molecule has 0 atom stereocenters. The van der Waals surface area contributed by atoms with Crippen molar-refractivity contribution in [2.75, 3.05) is 19.0 Å². The minimum Gasteiger partial charge on any atom is -1.00 e. The van der Waals surface area contributed by atoms with Gasteiger partial charge in [0.25, 0.3) is 0 Å². The molecule has 1 aromatic carbocycles. The van der Waals surface area contributed by atoms with Crippen molar-refractivity contribution in [1.82, 2.24) is 0 Å². The molecule has 0 aliphatic carbocycles. The van der Waals surface area contributed by atoms with E-state index in [0.29, 0.717) is 0 Å². The smallest absolute Gasteiger partial charge is 0.170 e. The van der Waals surface area contributed by atoms with Crippen LogP contribution in [0.3, 0.4) is 0 Å². The first-order valence-corrected chi connectivity index (χ1v) is 5.96. The number of pyridine rings is 1. The molecule has 0 radical (unpaired) electrons. The third-order valence-electron chi connectivity index (χ3n) is 2.89. The van der Waals surface area contributed by atoms with Crippen molar-refractivity contribution in [2.45, 2.75) is 13.0 Å². The molecule has 0 N–H and O–H groups in total. The fourth-order valence-electron chi connectivity index (χ4n) is 1.80. The fourth-order valence-corrected chi connectivity index (χ4v) is 1.80. The molecule has 2 nitrogen and oxygen atoms in total. The zero-order chi connectivity index (χ0) is 12.1. The third-order valence-corrected chi connectivity index (χ3v) is 2.89. The Morgan fingerprint density at radius 1 is 0.944 bits per heavy atom. The van der Waals surface area contributed by atoms with Gasteiger partial charge in [0.1, 0.15) is 0 Å². The van der Waals surface area contributed by atoms with E-state index in [-0.39, 0.29) is 17.0 Å². The number of anilines is 1. The van der Waals surface area contributed by atoms with Gasteiger partial charge >= 0.3 is 0 Å². The monoisotopic (exact) mass is 306 g/mol. The van der Waals surface area contributed by atoms with Crippen LogP contribution in [0.2, 0.25) is 0 Å². The quantitative estimate of drug-likeness (QED) is 0.677. The third kappa shape index (κ3) is 4.15. The fraction of sp³-hybridized carbons (Fsp3) is 0.267. The van der Waals surface area contributed by atoms with Gasteiger partial charge in [-0.25, -0.2) is 4.57 Å². The van der Waals surface area contributed by atoms with E-state index >= 15 is 0 Å². The molecule has 0 aliphatic rings. The van der Waals surface area contributed by atoms with Crippen LogP contribution in [-0.4, -0.2) is 14.1 Å². The molecule has 0 amide bonds.